The number of carbonyl (C=O) groups is 6. The van der Waals surface area contributed by atoms with Crippen molar-refractivity contribution in [2.24, 2.45) is 0 Å². The smallest absolute Gasteiger partial charge is 0.343 e. The molecule has 0 bridgehead atoms. The van der Waals surface area contributed by atoms with Crippen LogP contribution in [0.5, 0.6) is 34.5 Å². The van der Waals surface area contributed by atoms with Crippen molar-refractivity contribution < 1.29 is 57.2 Å². The highest BCUT2D eigenvalue weighted by atomic mass is 16.6. The van der Waals surface area contributed by atoms with Crippen LogP contribution < -0.4 is 28.4 Å². The SMILES string of the molecule is Cc1ccc(C(=O)Oc2ccc(-c3ccc(C)cc3)cc2)cc1.Cc1ccc(OC(=O)c2ccc(C)cc2)cc1.Cc1ccc(OC(=O)c2ccc(OC(=O)c3ccc(C)cc3)cc2)cc1.Cc1ccc(OC(=O)c2ccc3cc(OC(=O)c4ccc(C)cc4)ccc3c2)cc1. The van der Waals surface area contributed by atoms with Crippen LogP contribution in [0, 0.1) is 55.4 Å². The van der Waals surface area contributed by atoms with E-state index in [1.54, 1.807) is 133 Å². The van der Waals surface area contributed by atoms with Gasteiger partial charge in [-0.1, -0.05) is 178 Å². The summed E-state index contributed by atoms with van der Waals surface area (Å²) in [7, 11) is 0. The average molecular weight is 1270 g/mol. The van der Waals surface area contributed by atoms with Crippen molar-refractivity contribution >= 4 is 46.6 Å². The van der Waals surface area contributed by atoms with Crippen molar-refractivity contribution in [1.29, 1.82) is 0 Å². The van der Waals surface area contributed by atoms with Crippen molar-refractivity contribution in [1.82, 2.24) is 0 Å². The zero-order chi connectivity index (χ0) is 68.1. The topological polar surface area (TPSA) is 158 Å². The average Bonchev–Trinajstić information content (AvgIpc) is 0.887. The predicted octanol–water partition coefficient (Wildman–Crippen LogP) is 19.3. The minimum Gasteiger partial charge on any atom is -0.423 e. The van der Waals surface area contributed by atoms with Gasteiger partial charge in [0.25, 0.3) is 0 Å². The quantitative estimate of drug-likeness (QED) is 0.0796. The van der Waals surface area contributed by atoms with Gasteiger partial charge in [0.15, 0.2) is 0 Å². The summed E-state index contributed by atoms with van der Waals surface area (Å²) in [4.78, 5) is 72.9. The molecule has 0 saturated carbocycles. The third-order valence-electron chi connectivity index (χ3n) is 14.9. The number of fused-ring (bicyclic) bond motifs is 1. The molecule has 0 amide bonds. The van der Waals surface area contributed by atoms with Crippen molar-refractivity contribution in [3.05, 3.63) is 357 Å². The van der Waals surface area contributed by atoms with Crippen molar-refractivity contribution in [2.45, 2.75) is 55.4 Å². The van der Waals surface area contributed by atoms with Crippen LogP contribution in [0.4, 0.5) is 0 Å². The summed E-state index contributed by atoms with van der Waals surface area (Å²) < 4.78 is 32.2. The second-order valence-electron chi connectivity index (χ2n) is 22.9. The van der Waals surface area contributed by atoms with Crippen LogP contribution in [0.25, 0.3) is 21.9 Å². The lowest BCUT2D eigenvalue weighted by Crippen LogP contribution is -2.10. The Morgan fingerprint density at radius 2 is 0.344 bits per heavy atom. The van der Waals surface area contributed by atoms with Crippen LogP contribution in [0.15, 0.2) is 279 Å². The summed E-state index contributed by atoms with van der Waals surface area (Å²) in [6.07, 6.45) is 0. The molecule has 0 N–H and O–H groups in total. The summed E-state index contributed by atoms with van der Waals surface area (Å²) >= 11 is 0. The first kappa shape index (κ1) is 68.1. The molecule has 0 aliphatic carbocycles. The van der Waals surface area contributed by atoms with E-state index >= 15 is 0 Å². The van der Waals surface area contributed by atoms with Gasteiger partial charge in [-0.2, -0.15) is 0 Å². The number of benzene rings is 12. The first-order valence-electron chi connectivity index (χ1n) is 30.9. The molecule has 12 rings (SSSR count). The van der Waals surface area contributed by atoms with Crippen LogP contribution in [0.3, 0.4) is 0 Å². The zero-order valence-electron chi connectivity index (χ0n) is 54.5. The number of hydrogen-bond acceptors (Lipinski definition) is 12. The molecular weight excluding hydrogens is 1200 g/mol. The Morgan fingerprint density at radius 1 is 0.177 bits per heavy atom. The molecule has 0 aliphatic heterocycles. The van der Waals surface area contributed by atoms with Crippen LogP contribution in [0.1, 0.15) is 107 Å². The van der Waals surface area contributed by atoms with Gasteiger partial charge < -0.3 is 28.4 Å². The molecule has 12 nitrogen and oxygen atoms in total. The van der Waals surface area contributed by atoms with Crippen LogP contribution in [-0.4, -0.2) is 35.8 Å². The lowest BCUT2D eigenvalue weighted by molar-refractivity contribution is 0.0721. The molecule has 0 spiro atoms. The molecule has 12 aromatic rings. The Hall–Kier alpha value is -12.3. The van der Waals surface area contributed by atoms with Crippen LogP contribution in [-0.2, 0) is 0 Å². The maximum atomic E-state index is 12.4. The van der Waals surface area contributed by atoms with E-state index in [0.717, 1.165) is 60.8 Å². The van der Waals surface area contributed by atoms with Gasteiger partial charge in [-0.3, -0.25) is 0 Å². The fraction of sp³-hybridized carbons (Fsp3) is 0.0952. The summed E-state index contributed by atoms with van der Waals surface area (Å²) in [5.41, 5.74) is 14.1. The van der Waals surface area contributed by atoms with E-state index in [0.29, 0.717) is 67.9 Å². The minimum atomic E-state index is -0.467. The molecular formula is C84H70O12. The largest absolute Gasteiger partial charge is 0.423 e. The first-order chi connectivity index (χ1) is 46.2. The Balaban J connectivity index is 0.000000153. The highest BCUT2D eigenvalue weighted by molar-refractivity contribution is 5.98. The second-order valence-corrected chi connectivity index (χ2v) is 22.9. The minimum absolute atomic E-state index is 0.325. The van der Waals surface area contributed by atoms with E-state index in [2.05, 4.69) is 31.2 Å². The number of ether oxygens (including phenoxy) is 6. The fourth-order valence-electron chi connectivity index (χ4n) is 9.11. The Labute approximate surface area is 558 Å². The molecule has 0 aromatic heterocycles. The highest BCUT2D eigenvalue weighted by Gasteiger charge is 2.16. The number of rotatable bonds is 13. The first-order valence-corrected chi connectivity index (χ1v) is 30.9. The third-order valence-corrected chi connectivity index (χ3v) is 14.9. The normalized spacial score (nSPS) is 10.3. The van der Waals surface area contributed by atoms with E-state index in [1.807, 2.05) is 170 Å². The third kappa shape index (κ3) is 20.4. The van der Waals surface area contributed by atoms with Gasteiger partial charge in [-0.05, 0) is 223 Å². The molecule has 0 heterocycles. The molecule has 478 valence electrons. The van der Waals surface area contributed by atoms with E-state index in [-0.39, 0.29) is 11.9 Å². The second kappa shape index (κ2) is 32.8. The zero-order valence-corrected chi connectivity index (χ0v) is 54.5. The summed E-state index contributed by atoms with van der Waals surface area (Å²) in [6.45, 7) is 15.9. The summed E-state index contributed by atoms with van der Waals surface area (Å²) in [5.74, 6) is 0.508. The highest BCUT2D eigenvalue weighted by Crippen LogP contribution is 2.27. The molecule has 12 heteroatoms. The lowest BCUT2D eigenvalue weighted by Gasteiger charge is -2.08. The number of aryl methyl sites for hydroxylation is 8. The molecule has 0 saturated heterocycles. The fourth-order valence-corrected chi connectivity index (χ4v) is 9.11. The van der Waals surface area contributed by atoms with Gasteiger partial charge >= 0.3 is 35.8 Å². The maximum Gasteiger partial charge on any atom is 0.343 e. The van der Waals surface area contributed by atoms with Crippen molar-refractivity contribution in [2.75, 3.05) is 0 Å². The summed E-state index contributed by atoms with van der Waals surface area (Å²) in [6, 6.07) is 83.7. The maximum absolute atomic E-state index is 12.4. The lowest BCUT2D eigenvalue weighted by atomic mass is 10.0. The molecule has 0 atom stereocenters. The van der Waals surface area contributed by atoms with Gasteiger partial charge in [0.05, 0.1) is 33.4 Å². The standard InChI is InChI=1S/C26H20O4.C22H18O4.C21H18O2.C15H14O2/c1-17-3-7-19(8-4-17)25(27)30-24-14-11-20-15-22(10-9-21(20)16-24)26(28)29-23-12-5-18(2)6-13-23;1-15-3-7-17(8-4-15)21(23)26-20-13-9-18(10-14-20)22(24)25-19-11-5-16(2)6-12-19;1-15-3-7-17(8-4-15)18-11-13-20(14-12-18)23-21(22)19-9-5-16(2)6-10-19;1-11-3-7-13(8-4-11)15(16)17-14-9-5-12(2)6-10-14/h3-16H,1-2H3;3-14H,1-2H3;3-14H,1-2H3;3-10H,1-2H3. The van der Waals surface area contributed by atoms with Gasteiger partial charge in [-0.25, -0.2) is 28.8 Å². The van der Waals surface area contributed by atoms with Gasteiger partial charge in [0, 0.05) is 0 Å². The number of carbonyl (C=O) groups excluding carboxylic acids is 6. The molecule has 12 aromatic carbocycles. The van der Waals surface area contributed by atoms with Gasteiger partial charge in [0.1, 0.15) is 34.5 Å². The van der Waals surface area contributed by atoms with Crippen LogP contribution >= 0.6 is 0 Å². The van der Waals surface area contributed by atoms with E-state index < -0.39 is 23.9 Å². The monoisotopic (exact) mass is 1270 g/mol. The van der Waals surface area contributed by atoms with Crippen molar-refractivity contribution in [3.63, 3.8) is 0 Å². The van der Waals surface area contributed by atoms with Crippen LogP contribution in [0.2, 0.25) is 0 Å². The molecule has 96 heavy (non-hydrogen) atoms. The Kier molecular flexibility index (Phi) is 23.3. The van der Waals surface area contributed by atoms with Crippen molar-refractivity contribution in [3.8, 4) is 45.6 Å². The Morgan fingerprint density at radius 3 is 0.635 bits per heavy atom. The molecule has 0 radical (unpaired) electrons. The molecule has 0 unspecified atom stereocenters. The van der Waals surface area contributed by atoms with E-state index in [9.17, 15) is 28.8 Å². The molecule has 0 fully saturated rings. The molecule has 0 aliphatic rings. The predicted molar refractivity (Wildman–Crippen MR) is 375 cm³/mol. The summed E-state index contributed by atoms with van der Waals surface area (Å²) in [5, 5.41) is 1.71. The number of esters is 6. The van der Waals surface area contributed by atoms with Gasteiger partial charge in [0.2, 0.25) is 0 Å². The van der Waals surface area contributed by atoms with E-state index in [4.69, 9.17) is 28.4 Å². The van der Waals surface area contributed by atoms with E-state index in [1.165, 1.54) is 5.56 Å². The Bertz CT molecular complexity index is 4620. The van der Waals surface area contributed by atoms with Gasteiger partial charge in [-0.15, -0.1) is 0 Å². The number of hydrogen-bond donors (Lipinski definition) is 0.